The number of carbonyl (C=O) groups is 2. The second kappa shape index (κ2) is 8.13. The van der Waals surface area contributed by atoms with Crippen LogP contribution in [0.5, 0.6) is 5.75 Å². The number of hydrogen-bond acceptors (Lipinski definition) is 5. The van der Waals surface area contributed by atoms with Crippen molar-refractivity contribution in [3.63, 3.8) is 0 Å². The highest BCUT2D eigenvalue weighted by molar-refractivity contribution is 6.10. The molecule has 0 saturated carbocycles. The number of nitrogens with zero attached hydrogens (tertiary/aromatic N) is 1. The van der Waals surface area contributed by atoms with Crippen LogP contribution in [-0.4, -0.2) is 23.7 Å². The molecule has 0 aliphatic rings. The molecule has 0 heterocycles. The molecule has 0 aromatic heterocycles. The minimum atomic E-state index is -0.616. The molecule has 3 aromatic rings. The molecule has 0 radical (unpaired) electrons. The number of benzene rings is 3. The lowest BCUT2D eigenvalue weighted by Crippen LogP contribution is -2.13. The van der Waals surface area contributed by atoms with Gasteiger partial charge in [0.25, 0.3) is 5.91 Å². The molecule has 140 valence electrons. The van der Waals surface area contributed by atoms with Crippen molar-refractivity contribution in [3.05, 3.63) is 99.6 Å². The molecule has 0 atom stereocenters. The minimum absolute atomic E-state index is 0.0667. The first-order chi connectivity index (χ1) is 13.5. The number of amides is 1. The molecular formula is C21H16N2O5. The van der Waals surface area contributed by atoms with Crippen molar-refractivity contribution >= 4 is 23.1 Å². The average molecular weight is 376 g/mol. The van der Waals surface area contributed by atoms with Crippen LogP contribution in [0.1, 0.15) is 26.3 Å². The Morgan fingerprint density at radius 2 is 1.61 bits per heavy atom. The number of ketones is 1. The van der Waals surface area contributed by atoms with E-state index in [-0.39, 0.29) is 22.8 Å². The Bertz CT molecular complexity index is 1050. The smallest absolute Gasteiger partial charge is 0.311 e. The van der Waals surface area contributed by atoms with Crippen LogP contribution in [0.4, 0.5) is 11.4 Å². The molecule has 0 spiro atoms. The first kappa shape index (κ1) is 18.8. The lowest BCUT2D eigenvalue weighted by molar-refractivity contribution is -0.385. The van der Waals surface area contributed by atoms with E-state index in [0.717, 1.165) is 6.07 Å². The van der Waals surface area contributed by atoms with Crippen molar-refractivity contribution in [3.8, 4) is 5.75 Å². The monoisotopic (exact) mass is 376 g/mol. The van der Waals surface area contributed by atoms with E-state index in [1.165, 1.54) is 19.2 Å². The molecule has 3 rings (SSSR count). The van der Waals surface area contributed by atoms with Gasteiger partial charge in [0.15, 0.2) is 11.5 Å². The number of nitro benzene ring substituents is 1. The summed E-state index contributed by atoms with van der Waals surface area (Å²) in [5, 5.41) is 13.8. The van der Waals surface area contributed by atoms with Crippen molar-refractivity contribution in [2.75, 3.05) is 12.4 Å². The molecule has 28 heavy (non-hydrogen) atoms. The highest BCUT2D eigenvalue weighted by Crippen LogP contribution is 2.28. The van der Waals surface area contributed by atoms with Gasteiger partial charge < -0.3 is 10.1 Å². The third-order valence-corrected chi connectivity index (χ3v) is 4.06. The Kier molecular flexibility index (Phi) is 5.45. The maximum atomic E-state index is 12.5. The van der Waals surface area contributed by atoms with Crippen LogP contribution in [0.25, 0.3) is 0 Å². The van der Waals surface area contributed by atoms with Gasteiger partial charge in [-0.2, -0.15) is 0 Å². The van der Waals surface area contributed by atoms with Crippen molar-refractivity contribution < 1.29 is 19.2 Å². The molecule has 0 unspecified atom stereocenters. The summed E-state index contributed by atoms with van der Waals surface area (Å²) in [5.41, 5.74) is 1.17. The van der Waals surface area contributed by atoms with Gasteiger partial charge in [0.05, 0.1) is 12.0 Å². The summed E-state index contributed by atoms with van der Waals surface area (Å²) in [6.45, 7) is 0. The Balaban J connectivity index is 1.83. The predicted octanol–water partition coefficient (Wildman–Crippen LogP) is 4.09. The number of nitrogens with one attached hydrogen (secondary N) is 1. The number of ether oxygens (including phenoxy) is 1. The van der Waals surface area contributed by atoms with E-state index in [4.69, 9.17) is 4.74 Å². The zero-order valence-electron chi connectivity index (χ0n) is 14.9. The first-order valence-electron chi connectivity index (χ1n) is 8.33. The highest BCUT2D eigenvalue weighted by atomic mass is 16.6. The summed E-state index contributed by atoms with van der Waals surface area (Å²) in [4.78, 5) is 35.5. The van der Waals surface area contributed by atoms with E-state index < -0.39 is 10.8 Å². The molecule has 1 amide bonds. The summed E-state index contributed by atoms with van der Waals surface area (Å²) in [6, 6.07) is 19.2. The fraction of sp³-hybridized carbons (Fsp3) is 0.0476. The maximum absolute atomic E-state index is 12.5. The third kappa shape index (κ3) is 4.04. The van der Waals surface area contributed by atoms with Crippen LogP contribution >= 0.6 is 0 Å². The van der Waals surface area contributed by atoms with Gasteiger partial charge in [-0.25, -0.2) is 0 Å². The van der Waals surface area contributed by atoms with Crippen LogP contribution in [0, 0.1) is 10.1 Å². The number of methoxy groups -OCH3 is 1. The minimum Gasteiger partial charge on any atom is -0.490 e. The van der Waals surface area contributed by atoms with Crippen LogP contribution in [0.2, 0.25) is 0 Å². The van der Waals surface area contributed by atoms with E-state index in [2.05, 4.69) is 5.32 Å². The van der Waals surface area contributed by atoms with Crippen molar-refractivity contribution in [1.82, 2.24) is 0 Å². The molecular weight excluding hydrogens is 360 g/mol. The highest BCUT2D eigenvalue weighted by Gasteiger charge is 2.18. The lowest BCUT2D eigenvalue weighted by atomic mass is 10.0. The zero-order chi connectivity index (χ0) is 20.1. The summed E-state index contributed by atoms with van der Waals surface area (Å²) in [5.74, 6) is -0.635. The van der Waals surface area contributed by atoms with E-state index in [0.29, 0.717) is 16.8 Å². The van der Waals surface area contributed by atoms with Crippen molar-refractivity contribution in [2.24, 2.45) is 0 Å². The standard InChI is InChI=1S/C21H16N2O5/c1-28-19-11-10-16(13-18(19)23(26)27)21(25)22-17-9-5-8-15(12-17)20(24)14-6-3-2-4-7-14/h2-13H,1H3,(H,22,25). The molecule has 0 aliphatic carbocycles. The Morgan fingerprint density at radius 1 is 0.893 bits per heavy atom. The molecule has 1 N–H and O–H groups in total. The molecule has 3 aromatic carbocycles. The van der Waals surface area contributed by atoms with Crippen LogP contribution in [-0.2, 0) is 0 Å². The van der Waals surface area contributed by atoms with Gasteiger partial charge in [0.2, 0.25) is 0 Å². The Hall–Kier alpha value is -4.00. The molecule has 0 bridgehead atoms. The molecule has 7 nitrogen and oxygen atoms in total. The quantitative estimate of drug-likeness (QED) is 0.397. The molecule has 0 aliphatic heterocycles. The van der Waals surface area contributed by atoms with Crippen molar-refractivity contribution in [2.45, 2.75) is 0 Å². The predicted molar refractivity (Wildman–Crippen MR) is 104 cm³/mol. The fourth-order valence-corrected chi connectivity index (χ4v) is 2.67. The number of nitro groups is 1. The number of anilines is 1. The number of rotatable bonds is 6. The fourth-order valence-electron chi connectivity index (χ4n) is 2.67. The molecule has 0 fully saturated rings. The molecule has 0 saturated heterocycles. The van der Waals surface area contributed by atoms with E-state index >= 15 is 0 Å². The number of carbonyl (C=O) groups excluding carboxylic acids is 2. The summed E-state index contributed by atoms with van der Waals surface area (Å²) < 4.78 is 4.93. The van der Waals surface area contributed by atoms with E-state index in [1.807, 2.05) is 6.07 Å². The topological polar surface area (TPSA) is 98.5 Å². The maximum Gasteiger partial charge on any atom is 0.311 e. The third-order valence-electron chi connectivity index (χ3n) is 4.06. The first-order valence-corrected chi connectivity index (χ1v) is 8.33. The van der Waals surface area contributed by atoms with Gasteiger partial charge in [-0.15, -0.1) is 0 Å². The van der Waals surface area contributed by atoms with E-state index in [1.54, 1.807) is 48.5 Å². The SMILES string of the molecule is COc1ccc(C(=O)Nc2cccc(C(=O)c3ccccc3)c2)cc1[N+](=O)[O-]. The Morgan fingerprint density at radius 3 is 2.29 bits per heavy atom. The Labute approximate surface area is 160 Å². The van der Waals surface area contributed by atoms with Gasteiger partial charge in [-0.05, 0) is 24.3 Å². The zero-order valence-corrected chi connectivity index (χ0v) is 14.9. The van der Waals surface area contributed by atoms with E-state index in [9.17, 15) is 19.7 Å². The summed E-state index contributed by atoms with van der Waals surface area (Å²) >= 11 is 0. The second-order valence-corrected chi connectivity index (χ2v) is 5.87. The largest absolute Gasteiger partial charge is 0.490 e. The van der Waals surface area contributed by atoms with Gasteiger partial charge in [0, 0.05) is 28.4 Å². The second-order valence-electron chi connectivity index (χ2n) is 5.87. The lowest BCUT2D eigenvalue weighted by Gasteiger charge is -2.08. The van der Waals surface area contributed by atoms with Crippen LogP contribution in [0.3, 0.4) is 0 Å². The number of hydrogen-bond donors (Lipinski definition) is 1. The van der Waals surface area contributed by atoms with Crippen molar-refractivity contribution in [1.29, 1.82) is 0 Å². The summed E-state index contributed by atoms with van der Waals surface area (Å²) in [7, 11) is 1.32. The van der Waals surface area contributed by atoms with Gasteiger partial charge >= 0.3 is 5.69 Å². The average Bonchev–Trinajstić information content (AvgIpc) is 2.73. The van der Waals surface area contributed by atoms with Gasteiger partial charge in [0.1, 0.15) is 0 Å². The normalized spacial score (nSPS) is 10.2. The molecule has 7 heteroatoms. The van der Waals surface area contributed by atoms with Crippen LogP contribution in [0.15, 0.2) is 72.8 Å². The van der Waals surface area contributed by atoms with Gasteiger partial charge in [-0.3, -0.25) is 19.7 Å². The van der Waals surface area contributed by atoms with Crippen LogP contribution < -0.4 is 10.1 Å². The van der Waals surface area contributed by atoms with Gasteiger partial charge in [-0.1, -0.05) is 42.5 Å². The summed E-state index contributed by atoms with van der Waals surface area (Å²) in [6.07, 6.45) is 0.